The molecule has 1 aromatic heterocycles. The fraction of sp³-hybridized carbons (Fsp3) is 0.316. The van der Waals surface area contributed by atoms with Gasteiger partial charge < -0.3 is 9.47 Å². The van der Waals surface area contributed by atoms with Crippen molar-refractivity contribution in [3.8, 4) is 11.5 Å². The van der Waals surface area contributed by atoms with E-state index in [2.05, 4.69) is 10.3 Å². The first-order valence-electron chi connectivity index (χ1n) is 8.26. The van der Waals surface area contributed by atoms with Crippen LogP contribution in [-0.2, 0) is 13.2 Å². The molecule has 2 aromatic carbocycles. The summed E-state index contributed by atoms with van der Waals surface area (Å²) in [6.45, 7) is 2.99. The second-order valence-electron chi connectivity index (χ2n) is 6.20. The Balaban J connectivity index is 1.82. The maximum absolute atomic E-state index is 12.6. The van der Waals surface area contributed by atoms with Crippen LogP contribution in [0.25, 0.3) is 10.9 Å². The molecule has 0 unspecified atom stereocenters. The Kier molecular flexibility index (Phi) is 5.18. The molecule has 136 valence electrons. The maximum Gasteiger partial charge on any atom is 0.278 e. The van der Waals surface area contributed by atoms with Gasteiger partial charge in [0, 0.05) is 6.54 Å². The van der Waals surface area contributed by atoms with E-state index in [-0.39, 0.29) is 5.56 Å². The van der Waals surface area contributed by atoms with Crippen LogP contribution < -0.4 is 15.0 Å². The van der Waals surface area contributed by atoms with E-state index >= 15 is 0 Å². The molecule has 0 N–H and O–H groups in total. The summed E-state index contributed by atoms with van der Waals surface area (Å²) in [5, 5.41) is 8.73. The van der Waals surface area contributed by atoms with Gasteiger partial charge in [0.15, 0.2) is 11.5 Å². The van der Waals surface area contributed by atoms with E-state index in [0.717, 1.165) is 11.1 Å². The van der Waals surface area contributed by atoms with Gasteiger partial charge in [-0.2, -0.15) is 4.68 Å². The molecule has 1 heterocycles. The number of aromatic nitrogens is 3. The van der Waals surface area contributed by atoms with Gasteiger partial charge in [0.25, 0.3) is 5.56 Å². The van der Waals surface area contributed by atoms with Gasteiger partial charge in [-0.25, -0.2) is 0 Å². The molecule has 0 atom stereocenters. The predicted octanol–water partition coefficient (Wildman–Crippen LogP) is 2.21. The first-order chi connectivity index (χ1) is 12.5. The van der Waals surface area contributed by atoms with Crippen molar-refractivity contribution in [3.63, 3.8) is 0 Å². The van der Waals surface area contributed by atoms with Gasteiger partial charge in [-0.1, -0.05) is 17.3 Å². The highest BCUT2D eigenvalue weighted by Crippen LogP contribution is 2.30. The lowest BCUT2D eigenvalue weighted by Gasteiger charge is -2.19. The van der Waals surface area contributed by atoms with Crippen molar-refractivity contribution in [2.24, 2.45) is 0 Å². The Labute approximate surface area is 151 Å². The standard InChI is InChI=1S/C19H22N4O3/c1-13-9-17(25-3)18(26-4)10-14(13)11-22(2)12-23-19(24)15-7-5-6-8-16(15)20-21-23/h5-10H,11-12H2,1-4H3. The van der Waals surface area contributed by atoms with E-state index in [4.69, 9.17) is 9.47 Å². The molecule has 0 aliphatic rings. The molecule has 0 spiro atoms. The molecule has 3 rings (SSSR count). The van der Waals surface area contributed by atoms with E-state index in [1.54, 1.807) is 26.4 Å². The molecule has 0 saturated heterocycles. The van der Waals surface area contributed by atoms with E-state index < -0.39 is 0 Å². The minimum Gasteiger partial charge on any atom is -0.493 e. The molecule has 0 aliphatic heterocycles. The molecule has 26 heavy (non-hydrogen) atoms. The summed E-state index contributed by atoms with van der Waals surface area (Å²) in [5.74, 6) is 1.39. The van der Waals surface area contributed by atoms with Crippen molar-refractivity contribution < 1.29 is 9.47 Å². The molecule has 0 fully saturated rings. The zero-order chi connectivity index (χ0) is 18.7. The Morgan fingerprint density at radius 1 is 1.12 bits per heavy atom. The minimum atomic E-state index is -0.147. The molecule has 7 nitrogen and oxygen atoms in total. The van der Waals surface area contributed by atoms with Crippen LogP contribution in [0.1, 0.15) is 11.1 Å². The first-order valence-corrected chi connectivity index (χ1v) is 8.26. The van der Waals surface area contributed by atoms with Gasteiger partial charge in [-0.05, 0) is 49.4 Å². The van der Waals surface area contributed by atoms with E-state index in [9.17, 15) is 4.79 Å². The highest BCUT2D eigenvalue weighted by atomic mass is 16.5. The monoisotopic (exact) mass is 354 g/mol. The van der Waals surface area contributed by atoms with Crippen LogP contribution in [0.3, 0.4) is 0 Å². The van der Waals surface area contributed by atoms with Crippen molar-refractivity contribution in [1.82, 2.24) is 19.9 Å². The summed E-state index contributed by atoms with van der Waals surface area (Å²) in [4.78, 5) is 14.6. The average Bonchev–Trinajstić information content (AvgIpc) is 2.65. The van der Waals surface area contributed by atoms with Crippen molar-refractivity contribution in [2.75, 3.05) is 21.3 Å². The maximum atomic E-state index is 12.6. The lowest BCUT2D eigenvalue weighted by atomic mass is 10.1. The summed E-state index contributed by atoms with van der Waals surface area (Å²) in [6.07, 6.45) is 0. The molecule has 0 aliphatic carbocycles. The molecule has 0 radical (unpaired) electrons. The van der Waals surface area contributed by atoms with Gasteiger partial charge in [0.2, 0.25) is 0 Å². The molecular weight excluding hydrogens is 332 g/mol. The second-order valence-corrected chi connectivity index (χ2v) is 6.20. The topological polar surface area (TPSA) is 69.5 Å². The lowest BCUT2D eigenvalue weighted by Crippen LogP contribution is -2.32. The van der Waals surface area contributed by atoms with Crippen molar-refractivity contribution in [1.29, 1.82) is 0 Å². The number of nitrogens with zero attached hydrogens (tertiary/aromatic N) is 4. The summed E-state index contributed by atoms with van der Waals surface area (Å²) in [7, 11) is 5.16. The van der Waals surface area contributed by atoms with Crippen molar-refractivity contribution >= 4 is 10.9 Å². The Hall–Kier alpha value is -2.93. The number of rotatable bonds is 6. The van der Waals surface area contributed by atoms with Crippen LogP contribution in [0.2, 0.25) is 0 Å². The molecule has 0 bridgehead atoms. The number of benzene rings is 2. The van der Waals surface area contributed by atoms with Crippen molar-refractivity contribution in [3.05, 3.63) is 57.9 Å². The molecule has 7 heteroatoms. The first kappa shape index (κ1) is 17.9. The van der Waals surface area contributed by atoms with Crippen LogP contribution in [0.5, 0.6) is 11.5 Å². The highest BCUT2D eigenvalue weighted by Gasteiger charge is 2.12. The molecule has 0 amide bonds. The van der Waals surface area contributed by atoms with Crippen LogP contribution >= 0.6 is 0 Å². The normalized spacial score (nSPS) is 11.1. The molecule has 0 saturated carbocycles. The van der Waals surface area contributed by atoms with Gasteiger partial charge in [-0.3, -0.25) is 9.69 Å². The minimum absolute atomic E-state index is 0.147. The second kappa shape index (κ2) is 7.53. The van der Waals surface area contributed by atoms with Gasteiger partial charge >= 0.3 is 0 Å². The number of hydrogen-bond acceptors (Lipinski definition) is 6. The summed E-state index contributed by atoms with van der Waals surface area (Å²) >= 11 is 0. The lowest BCUT2D eigenvalue weighted by molar-refractivity contribution is 0.235. The van der Waals surface area contributed by atoms with Gasteiger partial charge in [-0.15, -0.1) is 5.10 Å². The Bertz CT molecular complexity index is 984. The number of methoxy groups -OCH3 is 2. The zero-order valence-corrected chi connectivity index (χ0v) is 15.4. The number of aryl methyl sites for hydroxylation is 1. The fourth-order valence-electron chi connectivity index (χ4n) is 2.88. The summed E-state index contributed by atoms with van der Waals surface area (Å²) in [6, 6.07) is 11.1. The third-order valence-electron chi connectivity index (χ3n) is 4.29. The fourth-order valence-corrected chi connectivity index (χ4v) is 2.88. The number of ether oxygens (including phenoxy) is 2. The SMILES string of the molecule is COc1cc(C)c(CN(C)Cn2nnc3ccccc3c2=O)cc1OC. The molecule has 3 aromatic rings. The smallest absolute Gasteiger partial charge is 0.278 e. The quantitative estimate of drug-likeness (QED) is 0.676. The van der Waals surface area contributed by atoms with Gasteiger partial charge in [0.1, 0.15) is 5.52 Å². The Morgan fingerprint density at radius 3 is 2.54 bits per heavy atom. The third-order valence-corrected chi connectivity index (χ3v) is 4.29. The van der Waals surface area contributed by atoms with Crippen molar-refractivity contribution in [2.45, 2.75) is 20.1 Å². The average molecular weight is 354 g/mol. The third kappa shape index (κ3) is 3.52. The van der Waals surface area contributed by atoms with Crippen LogP contribution in [0.4, 0.5) is 0 Å². The number of hydrogen-bond donors (Lipinski definition) is 0. The summed E-state index contributed by atoms with van der Waals surface area (Å²) in [5.41, 5.74) is 2.64. The molecular formula is C19H22N4O3. The van der Waals surface area contributed by atoms with E-state index in [1.165, 1.54) is 4.68 Å². The summed E-state index contributed by atoms with van der Waals surface area (Å²) < 4.78 is 12.1. The van der Waals surface area contributed by atoms with Gasteiger partial charge in [0.05, 0.1) is 26.3 Å². The van der Waals surface area contributed by atoms with E-state index in [0.29, 0.717) is 35.6 Å². The largest absolute Gasteiger partial charge is 0.493 e. The van der Waals surface area contributed by atoms with Crippen LogP contribution in [0, 0.1) is 6.92 Å². The Morgan fingerprint density at radius 2 is 1.81 bits per heavy atom. The van der Waals surface area contributed by atoms with Crippen LogP contribution in [-0.4, -0.2) is 41.2 Å². The number of fused-ring (bicyclic) bond motifs is 1. The van der Waals surface area contributed by atoms with E-state index in [1.807, 2.05) is 43.1 Å². The predicted molar refractivity (Wildman–Crippen MR) is 99.5 cm³/mol. The zero-order valence-electron chi connectivity index (χ0n) is 15.4. The van der Waals surface area contributed by atoms with Crippen LogP contribution in [0.15, 0.2) is 41.2 Å². The highest BCUT2D eigenvalue weighted by molar-refractivity contribution is 5.76.